The van der Waals surface area contributed by atoms with Gasteiger partial charge in [-0.15, -0.1) is 11.3 Å². The van der Waals surface area contributed by atoms with Crippen LogP contribution in [0, 0.1) is 0 Å². The Morgan fingerprint density at radius 2 is 2.33 bits per heavy atom. The maximum atomic E-state index is 5.85. The third-order valence-corrected chi connectivity index (χ3v) is 4.94. The van der Waals surface area contributed by atoms with E-state index in [2.05, 4.69) is 11.8 Å². The smallest absolute Gasteiger partial charge is 0.186 e. The summed E-state index contributed by atoms with van der Waals surface area (Å²) in [6.45, 7) is 5.44. The molecule has 2 N–H and O–H groups in total. The molecular formula is C13H21N3OS. The van der Waals surface area contributed by atoms with Crippen LogP contribution in [0.5, 0.6) is 0 Å². The van der Waals surface area contributed by atoms with Gasteiger partial charge in [0.2, 0.25) is 0 Å². The lowest BCUT2D eigenvalue weighted by Gasteiger charge is -2.34. The van der Waals surface area contributed by atoms with Gasteiger partial charge >= 0.3 is 0 Å². The minimum atomic E-state index is 0.475. The van der Waals surface area contributed by atoms with E-state index in [4.69, 9.17) is 15.5 Å². The van der Waals surface area contributed by atoms with Gasteiger partial charge in [0.25, 0.3) is 0 Å². The van der Waals surface area contributed by atoms with E-state index in [1.807, 2.05) is 0 Å². The van der Waals surface area contributed by atoms with E-state index in [0.717, 1.165) is 31.3 Å². The first-order valence-electron chi connectivity index (χ1n) is 6.87. The SMILES string of the molecule is CCC1COCCN1c1nc(C2CC2)c(CN)s1. The molecule has 1 aliphatic carbocycles. The van der Waals surface area contributed by atoms with Crippen molar-refractivity contribution in [3.05, 3.63) is 10.6 Å². The van der Waals surface area contributed by atoms with Crippen LogP contribution in [0.2, 0.25) is 0 Å². The minimum absolute atomic E-state index is 0.475. The first-order valence-corrected chi connectivity index (χ1v) is 7.69. The molecule has 3 rings (SSSR count). The molecule has 1 saturated heterocycles. The summed E-state index contributed by atoms with van der Waals surface area (Å²) in [5.74, 6) is 0.690. The van der Waals surface area contributed by atoms with E-state index < -0.39 is 0 Å². The lowest BCUT2D eigenvalue weighted by Crippen LogP contribution is -2.45. The van der Waals surface area contributed by atoms with E-state index in [1.165, 1.54) is 23.4 Å². The van der Waals surface area contributed by atoms with E-state index in [-0.39, 0.29) is 0 Å². The molecular weight excluding hydrogens is 246 g/mol. The Bertz CT molecular complexity index is 416. The quantitative estimate of drug-likeness (QED) is 0.907. The predicted molar refractivity (Wildman–Crippen MR) is 74.2 cm³/mol. The molecule has 0 radical (unpaired) electrons. The van der Waals surface area contributed by atoms with Gasteiger partial charge in [-0.1, -0.05) is 6.92 Å². The Hall–Kier alpha value is -0.650. The zero-order valence-corrected chi connectivity index (χ0v) is 11.7. The summed E-state index contributed by atoms with van der Waals surface area (Å²) in [5.41, 5.74) is 7.13. The number of nitrogens with zero attached hydrogens (tertiary/aromatic N) is 2. The van der Waals surface area contributed by atoms with Gasteiger partial charge in [0.05, 0.1) is 24.9 Å². The van der Waals surface area contributed by atoms with E-state index in [0.29, 0.717) is 18.5 Å². The van der Waals surface area contributed by atoms with Crippen LogP contribution in [-0.2, 0) is 11.3 Å². The highest BCUT2D eigenvalue weighted by Gasteiger charge is 2.31. The summed E-state index contributed by atoms with van der Waals surface area (Å²) < 4.78 is 5.56. The van der Waals surface area contributed by atoms with Gasteiger partial charge in [0.1, 0.15) is 0 Å². The Balaban J connectivity index is 1.85. The van der Waals surface area contributed by atoms with E-state index in [1.54, 1.807) is 11.3 Å². The number of anilines is 1. The van der Waals surface area contributed by atoms with Crippen molar-refractivity contribution in [2.45, 2.75) is 44.7 Å². The van der Waals surface area contributed by atoms with Crippen molar-refractivity contribution in [3.8, 4) is 0 Å². The summed E-state index contributed by atoms with van der Waals surface area (Å²) in [7, 11) is 0. The Morgan fingerprint density at radius 1 is 1.50 bits per heavy atom. The van der Waals surface area contributed by atoms with Crippen molar-refractivity contribution >= 4 is 16.5 Å². The molecule has 0 bridgehead atoms. The number of hydrogen-bond acceptors (Lipinski definition) is 5. The number of ether oxygens (including phenoxy) is 1. The highest BCUT2D eigenvalue weighted by atomic mass is 32.1. The van der Waals surface area contributed by atoms with Crippen LogP contribution in [0.3, 0.4) is 0 Å². The molecule has 18 heavy (non-hydrogen) atoms. The number of rotatable bonds is 4. The van der Waals surface area contributed by atoms with Crippen LogP contribution in [0.15, 0.2) is 0 Å². The van der Waals surface area contributed by atoms with Gasteiger partial charge in [-0.2, -0.15) is 0 Å². The van der Waals surface area contributed by atoms with Crippen molar-refractivity contribution in [3.63, 3.8) is 0 Å². The largest absolute Gasteiger partial charge is 0.377 e. The molecule has 2 fully saturated rings. The van der Waals surface area contributed by atoms with Crippen molar-refractivity contribution in [2.24, 2.45) is 5.73 Å². The number of nitrogens with two attached hydrogens (primary N) is 1. The highest BCUT2D eigenvalue weighted by Crippen LogP contribution is 2.44. The summed E-state index contributed by atoms with van der Waals surface area (Å²) >= 11 is 1.79. The first-order chi connectivity index (χ1) is 8.83. The third-order valence-electron chi connectivity index (χ3n) is 3.81. The molecule has 0 amide bonds. The zero-order valence-electron chi connectivity index (χ0n) is 10.9. The van der Waals surface area contributed by atoms with Crippen molar-refractivity contribution in [1.82, 2.24) is 4.98 Å². The predicted octanol–water partition coefficient (Wildman–Crippen LogP) is 2.09. The molecule has 1 saturated carbocycles. The number of morpholine rings is 1. The lowest BCUT2D eigenvalue weighted by atomic mass is 10.2. The molecule has 1 unspecified atom stereocenters. The molecule has 100 valence electrons. The third kappa shape index (κ3) is 2.27. The second kappa shape index (κ2) is 5.15. The highest BCUT2D eigenvalue weighted by molar-refractivity contribution is 7.15. The maximum absolute atomic E-state index is 5.85. The average molecular weight is 267 g/mol. The van der Waals surface area contributed by atoms with Gasteiger partial charge < -0.3 is 15.4 Å². The molecule has 0 aromatic carbocycles. The van der Waals surface area contributed by atoms with E-state index >= 15 is 0 Å². The fraction of sp³-hybridized carbons (Fsp3) is 0.769. The molecule has 2 aliphatic rings. The molecule has 2 heterocycles. The Morgan fingerprint density at radius 3 is 3.00 bits per heavy atom. The number of aromatic nitrogens is 1. The van der Waals surface area contributed by atoms with Gasteiger partial charge in [0, 0.05) is 23.9 Å². The Kier molecular flexibility index (Phi) is 3.54. The van der Waals surface area contributed by atoms with Crippen LogP contribution < -0.4 is 10.6 Å². The Labute approximate surface area is 112 Å². The van der Waals surface area contributed by atoms with E-state index in [9.17, 15) is 0 Å². The van der Waals surface area contributed by atoms with Crippen LogP contribution in [0.25, 0.3) is 0 Å². The van der Waals surface area contributed by atoms with Crippen LogP contribution in [-0.4, -0.2) is 30.8 Å². The van der Waals surface area contributed by atoms with Gasteiger partial charge in [-0.25, -0.2) is 4.98 Å². The van der Waals surface area contributed by atoms with Crippen LogP contribution in [0.4, 0.5) is 5.13 Å². The standard InChI is InChI=1S/C13H21N3OS/c1-2-10-8-17-6-5-16(10)13-15-12(9-3-4-9)11(7-14)18-13/h9-10H,2-8,14H2,1H3. The molecule has 1 aromatic heterocycles. The van der Waals surface area contributed by atoms with Crippen molar-refractivity contribution in [1.29, 1.82) is 0 Å². The first kappa shape index (κ1) is 12.4. The fourth-order valence-electron chi connectivity index (χ4n) is 2.54. The summed E-state index contributed by atoms with van der Waals surface area (Å²) in [4.78, 5) is 8.58. The fourth-order valence-corrected chi connectivity index (χ4v) is 3.66. The van der Waals surface area contributed by atoms with Crippen molar-refractivity contribution in [2.75, 3.05) is 24.7 Å². The molecule has 5 heteroatoms. The average Bonchev–Trinajstić information content (AvgIpc) is 3.18. The summed E-state index contributed by atoms with van der Waals surface area (Å²) in [6.07, 6.45) is 3.68. The van der Waals surface area contributed by atoms with Gasteiger partial charge in [-0.3, -0.25) is 0 Å². The van der Waals surface area contributed by atoms with Crippen molar-refractivity contribution < 1.29 is 4.74 Å². The molecule has 1 atom stereocenters. The maximum Gasteiger partial charge on any atom is 0.186 e. The molecule has 0 spiro atoms. The second-order valence-electron chi connectivity index (χ2n) is 5.11. The van der Waals surface area contributed by atoms with Gasteiger partial charge in [-0.05, 0) is 19.3 Å². The molecule has 4 nitrogen and oxygen atoms in total. The normalized spacial score (nSPS) is 24.6. The van der Waals surface area contributed by atoms with Crippen LogP contribution >= 0.6 is 11.3 Å². The zero-order chi connectivity index (χ0) is 12.5. The number of thiazole rings is 1. The summed E-state index contributed by atoms with van der Waals surface area (Å²) in [6, 6.07) is 0.475. The number of hydrogen-bond donors (Lipinski definition) is 1. The second-order valence-corrected chi connectivity index (χ2v) is 6.18. The van der Waals surface area contributed by atoms with Crippen LogP contribution in [0.1, 0.15) is 42.7 Å². The monoisotopic (exact) mass is 267 g/mol. The summed E-state index contributed by atoms with van der Waals surface area (Å²) in [5, 5.41) is 1.16. The lowest BCUT2D eigenvalue weighted by molar-refractivity contribution is 0.0929. The molecule has 1 aromatic rings. The molecule has 1 aliphatic heterocycles. The minimum Gasteiger partial charge on any atom is -0.377 e. The van der Waals surface area contributed by atoms with Gasteiger partial charge in [0.15, 0.2) is 5.13 Å². The topological polar surface area (TPSA) is 51.4 Å².